The van der Waals surface area contributed by atoms with Crippen molar-refractivity contribution in [2.75, 3.05) is 5.32 Å². The Morgan fingerprint density at radius 3 is 2.61 bits per heavy atom. The number of nitrogens with one attached hydrogen (secondary N) is 3. The van der Waals surface area contributed by atoms with Crippen molar-refractivity contribution in [1.82, 2.24) is 19.4 Å². The lowest BCUT2D eigenvalue weighted by molar-refractivity contribution is 0.465. The minimum atomic E-state index is -0.517. The summed E-state index contributed by atoms with van der Waals surface area (Å²) in [6.45, 7) is 0.410. The van der Waals surface area contributed by atoms with Gasteiger partial charge in [0, 0.05) is 24.8 Å². The molecule has 8 nitrogen and oxygen atoms in total. The van der Waals surface area contributed by atoms with E-state index in [1.54, 1.807) is 23.7 Å². The summed E-state index contributed by atoms with van der Waals surface area (Å²) in [5.41, 5.74) is 3.60. The fourth-order valence-corrected chi connectivity index (χ4v) is 5.36. The highest BCUT2D eigenvalue weighted by atomic mass is 19.1. The van der Waals surface area contributed by atoms with Crippen molar-refractivity contribution in [3.63, 3.8) is 0 Å². The summed E-state index contributed by atoms with van der Waals surface area (Å²) in [6.07, 6.45) is 3.01. The lowest BCUT2D eigenvalue weighted by Gasteiger charge is -2.17. The predicted molar refractivity (Wildman–Crippen MR) is 143 cm³/mol. The van der Waals surface area contributed by atoms with Gasteiger partial charge in [0.15, 0.2) is 0 Å². The Kier molecular flexibility index (Phi) is 6.11. The number of halogens is 1. The highest BCUT2D eigenvalue weighted by Crippen LogP contribution is 2.32. The zero-order valence-corrected chi connectivity index (χ0v) is 21.0. The maximum absolute atomic E-state index is 13.6. The number of nitrogens with zero attached hydrogens (tertiary/aromatic N) is 4. The molecule has 0 saturated heterocycles. The van der Waals surface area contributed by atoms with Crippen LogP contribution in [0.2, 0.25) is 0 Å². The number of pyridine rings is 1. The van der Waals surface area contributed by atoms with E-state index in [4.69, 9.17) is 10.4 Å². The van der Waals surface area contributed by atoms with Crippen molar-refractivity contribution in [2.45, 2.75) is 37.9 Å². The summed E-state index contributed by atoms with van der Waals surface area (Å²) in [5, 5.41) is 16.1. The predicted octanol–water partition coefficient (Wildman–Crippen LogP) is 2.56. The van der Waals surface area contributed by atoms with Gasteiger partial charge < -0.3 is 10.6 Å². The zero-order chi connectivity index (χ0) is 26.2. The third-order valence-electron chi connectivity index (χ3n) is 7.30. The molecule has 6 rings (SSSR count). The van der Waals surface area contributed by atoms with Crippen LogP contribution in [0.3, 0.4) is 0 Å². The zero-order valence-electron chi connectivity index (χ0n) is 21.0. The third-order valence-corrected chi connectivity index (χ3v) is 7.30. The monoisotopic (exact) mass is 509 g/mol. The maximum atomic E-state index is 13.6. The van der Waals surface area contributed by atoms with Crippen LogP contribution in [0.5, 0.6) is 0 Å². The van der Waals surface area contributed by atoms with Crippen LogP contribution in [-0.4, -0.2) is 20.2 Å². The largest absolute Gasteiger partial charge is 0.367 e. The molecule has 0 bridgehead atoms. The van der Waals surface area contributed by atoms with E-state index in [1.807, 2.05) is 59.2 Å². The van der Waals surface area contributed by atoms with Crippen LogP contribution in [0, 0.1) is 11.4 Å². The molecule has 1 aliphatic heterocycles. The van der Waals surface area contributed by atoms with E-state index in [0.29, 0.717) is 23.7 Å². The molecule has 2 aliphatic rings. The first-order chi connectivity index (χ1) is 18.5. The van der Waals surface area contributed by atoms with Crippen LogP contribution in [0.4, 0.5) is 10.1 Å². The molecule has 3 heterocycles. The average molecular weight is 510 g/mol. The molecule has 2 atom stereocenters. The van der Waals surface area contributed by atoms with Gasteiger partial charge in [-0.2, -0.15) is 4.39 Å². The number of hydrogen-bond donors (Lipinski definition) is 3. The van der Waals surface area contributed by atoms with Crippen LogP contribution in [0.15, 0.2) is 82.6 Å². The Bertz CT molecular complexity index is 1740. The van der Waals surface area contributed by atoms with E-state index in [2.05, 4.69) is 15.6 Å². The number of anilines is 1. The van der Waals surface area contributed by atoms with Crippen molar-refractivity contribution in [1.29, 1.82) is 5.41 Å². The fraction of sp³-hybridized carbons (Fsp3) is 0.241. The number of hydrogen-bond acceptors (Lipinski definition) is 6. The minimum Gasteiger partial charge on any atom is -0.367 e. The molecule has 0 amide bonds. The molecule has 1 aliphatic carbocycles. The molecule has 2 aromatic carbocycles. The van der Waals surface area contributed by atoms with Gasteiger partial charge in [-0.1, -0.05) is 48.5 Å². The summed E-state index contributed by atoms with van der Waals surface area (Å²) in [5.74, 6) is -0.0504. The molecule has 0 radical (unpaired) electrons. The van der Waals surface area contributed by atoms with Gasteiger partial charge in [0.25, 0.3) is 5.56 Å². The number of rotatable bonds is 6. The van der Waals surface area contributed by atoms with Gasteiger partial charge in [0.05, 0.1) is 17.8 Å². The highest BCUT2D eigenvalue weighted by Gasteiger charge is 2.34. The van der Waals surface area contributed by atoms with Gasteiger partial charge >= 0.3 is 0 Å². The second kappa shape index (κ2) is 9.74. The van der Waals surface area contributed by atoms with Crippen LogP contribution in [0.25, 0.3) is 17.1 Å². The van der Waals surface area contributed by atoms with Crippen molar-refractivity contribution in [2.24, 2.45) is 12.0 Å². The molecule has 192 valence electrons. The third kappa shape index (κ3) is 4.30. The Morgan fingerprint density at radius 2 is 1.84 bits per heavy atom. The SMILES string of the molecule is Cn1c(=O)/c(=C(/NCc2ccc(-c3cccc(F)n3)cc2)Nc2ccccc2)c(=N)n2c1=NC1CCC[C@@H]12. The summed E-state index contributed by atoms with van der Waals surface area (Å²) in [6, 6.07) is 22.2. The minimum absolute atomic E-state index is 0.116. The molecule has 38 heavy (non-hydrogen) atoms. The van der Waals surface area contributed by atoms with E-state index in [-0.39, 0.29) is 28.3 Å². The quantitative estimate of drug-likeness (QED) is 0.348. The van der Waals surface area contributed by atoms with Crippen molar-refractivity contribution >= 4 is 11.5 Å². The topological polar surface area (TPSA) is 100 Å². The van der Waals surface area contributed by atoms with Crippen LogP contribution in [-0.2, 0) is 13.6 Å². The lowest BCUT2D eigenvalue weighted by atomic mass is 10.1. The van der Waals surface area contributed by atoms with E-state index in [1.165, 1.54) is 6.07 Å². The number of benzene rings is 2. The van der Waals surface area contributed by atoms with Gasteiger partial charge in [-0.05, 0) is 49.1 Å². The van der Waals surface area contributed by atoms with Crippen LogP contribution >= 0.6 is 0 Å². The van der Waals surface area contributed by atoms with Crippen LogP contribution < -0.4 is 32.5 Å². The number of aromatic nitrogens is 3. The molecule has 9 heteroatoms. The van der Waals surface area contributed by atoms with Gasteiger partial charge in [-0.15, -0.1) is 0 Å². The smallest absolute Gasteiger partial charge is 0.267 e. The molecular formula is C29H28FN7O. The first kappa shape index (κ1) is 23.8. The average Bonchev–Trinajstić information content (AvgIpc) is 3.53. The summed E-state index contributed by atoms with van der Waals surface area (Å²) >= 11 is 0. The molecule has 4 aromatic rings. The van der Waals surface area contributed by atoms with E-state index >= 15 is 0 Å². The van der Waals surface area contributed by atoms with Crippen LogP contribution in [0.1, 0.15) is 30.9 Å². The van der Waals surface area contributed by atoms with Gasteiger partial charge in [0.2, 0.25) is 11.6 Å². The molecule has 3 N–H and O–H groups in total. The Morgan fingerprint density at radius 1 is 1.05 bits per heavy atom. The Balaban J connectivity index is 1.40. The fourth-order valence-electron chi connectivity index (χ4n) is 5.36. The van der Waals surface area contributed by atoms with E-state index < -0.39 is 5.95 Å². The van der Waals surface area contributed by atoms with Gasteiger partial charge in [-0.3, -0.25) is 19.3 Å². The Hall–Kier alpha value is -4.53. The number of fused-ring (bicyclic) bond motifs is 3. The molecule has 1 fully saturated rings. The summed E-state index contributed by atoms with van der Waals surface area (Å²) in [4.78, 5) is 22.3. The molecule has 1 saturated carbocycles. The first-order valence-electron chi connectivity index (χ1n) is 12.8. The standard InChI is InChI=1S/C29H28FN7O/c1-36-28(38)25(26(31)37-23-11-5-10-22(23)35-29(36)37)27(33-20-7-3-2-4-8-20)32-17-18-13-15-19(16-14-18)21-9-6-12-24(30)34-21/h2-4,6-9,12-16,22-23,31-33H,5,10-11,17H2,1H3/b27-25-,31-26?/t22?,23-/m0/s1. The van der Waals surface area contributed by atoms with Crippen molar-refractivity contribution < 1.29 is 4.39 Å². The Labute approximate surface area is 218 Å². The number of para-hydroxylation sites is 1. The molecular weight excluding hydrogens is 481 g/mol. The second-order valence-electron chi connectivity index (χ2n) is 9.71. The van der Waals surface area contributed by atoms with Gasteiger partial charge in [-0.25, -0.2) is 9.98 Å². The van der Waals surface area contributed by atoms with E-state index in [9.17, 15) is 9.18 Å². The second-order valence-corrected chi connectivity index (χ2v) is 9.71. The maximum Gasteiger partial charge on any atom is 0.267 e. The molecule has 2 aromatic heterocycles. The summed E-state index contributed by atoms with van der Waals surface area (Å²) in [7, 11) is 1.72. The summed E-state index contributed by atoms with van der Waals surface area (Å²) < 4.78 is 17.0. The van der Waals surface area contributed by atoms with E-state index in [0.717, 1.165) is 36.1 Å². The van der Waals surface area contributed by atoms with Crippen molar-refractivity contribution in [3.05, 3.63) is 111 Å². The molecule has 1 unspecified atom stereocenters. The van der Waals surface area contributed by atoms with Crippen molar-refractivity contribution in [3.8, 4) is 11.3 Å². The lowest BCUT2D eigenvalue weighted by Crippen LogP contribution is -2.59. The normalized spacial score (nSPS) is 18.4. The van der Waals surface area contributed by atoms with Gasteiger partial charge in [0.1, 0.15) is 16.5 Å². The molecule has 0 spiro atoms. The highest BCUT2D eigenvalue weighted by molar-refractivity contribution is 5.63. The first-order valence-corrected chi connectivity index (χ1v) is 12.8.